The first-order chi connectivity index (χ1) is 23.2. The molecule has 0 saturated carbocycles. The van der Waals surface area contributed by atoms with Crippen LogP contribution in [0.2, 0.25) is 0 Å². The molecule has 0 fully saturated rings. The van der Waals surface area contributed by atoms with Crippen LogP contribution in [0.5, 0.6) is 23.0 Å². The quantitative estimate of drug-likeness (QED) is 0.102. The van der Waals surface area contributed by atoms with Crippen LogP contribution in [0.1, 0.15) is 22.3 Å². The van der Waals surface area contributed by atoms with Gasteiger partial charge in [-0.25, -0.2) is 0 Å². The third-order valence-electron chi connectivity index (χ3n) is 7.80. The Labute approximate surface area is 303 Å². The van der Waals surface area contributed by atoms with Crippen molar-refractivity contribution in [1.29, 1.82) is 0 Å². The summed E-state index contributed by atoms with van der Waals surface area (Å²) in [6.07, 6.45) is 8.50. The summed E-state index contributed by atoms with van der Waals surface area (Å²) in [7, 11) is 26.1. The number of rotatable bonds is 20. The number of likely N-dealkylation sites (N-methyl/N-ethyl adjacent to an activating group) is 4. The molecule has 3 rings (SSSR count). The second-order valence-electron chi connectivity index (χ2n) is 17.3. The lowest BCUT2D eigenvalue weighted by molar-refractivity contribution is -0.870. The van der Waals surface area contributed by atoms with E-state index in [0.717, 1.165) is 89.4 Å². The molecule has 0 N–H and O–H groups in total. The van der Waals surface area contributed by atoms with E-state index in [1.807, 2.05) is 12.1 Å². The average Bonchev–Trinajstić information content (AvgIpc) is 2.97. The van der Waals surface area contributed by atoms with Gasteiger partial charge in [-0.05, 0) is 46.5 Å². The number of benzene rings is 3. The Morgan fingerprint density at radius 2 is 0.560 bits per heavy atom. The summed E-state index contributed by atoms with van der Waals surface area (Å²) < 4.78 is 28.1. The summed E-state index contributed by atoms with van der Waals surface area (Å²) in [6.45, 7) is 6.24. The van der Waals surface area contributed by atoms with Gasteiger partial charge in [0.25, 0.3) is 0 Å². The molecule has 274 valence electrons. The Morgan fingerprint density at radius 1 is 0.340 bits per heavy atom. The standard InChI is InChI=1S/C42H66N4O4/c1-43(2,3)21-25-47-39-29-37(30-40(33-39)48-26-22-44(4,5)6)19-17-35-13-15-36(16-14-35)18-20-38-31-41(49-27-23-45(7,8)9)34-42(32-38)50-28-24-46(10,11)12/h13-20,29-34H,21-28H2,1-12H3/q+4/b19-17+,20-18+. The minimum atomic E-state index is 0.642. The zero-order valence-corrected chi connectivity index (χ0v) is 33.2. The molecule has 8 heteroatoms. The summed E-state index contributed by atoms with van der Waals surface area (Å²) in [4.78, 5) is 0. The summed E-state index contributed by atoms with van der Waals surface area (Å²) in [6, 6.07) is 20.9. The van der Waals surface area contributed by atoms with Crippen molar-refractivity contribution in [3.8, 4) is 23.0 Å². The summed E-state index contributed by atoms with van der Waals surface area (Å²) >= 11 is 0. The highest BCUT2D eigenvalue weighted by Gasteiger charge is 2.12. The first kappa shape index (κ1) is 40.6. The van der Waals surface area contributed by atoms with Crippen LogP contribution in [-0.2, 0) is 0 Å². The molecule has 0 radical (unpaired) electrons. The number of quaternary nitrogens is 4. The van der Waals surface area contributed by atoms with Crippen molar-refractivity contribution in [1.82, 2.24) is 0 Å². The molecule has 0 aliphatic heterocycles. The number of hydrogen-bond donors (Lipinski definition) is 0. The van der Waals surface area contributed by atoms with Crippen LogP contribution < -0.4 is 18.9 Å². The van der Waals surface area contributed by atoms with Crippen molar-refractivity contribution in [2.75, 3.05) is 137 Å². The normalized spacial score (nSPS) is 12.9. The molecule has 0 bridgehead atoms. The van der Waals surface area contributed by atoms with E-state index in [4.69, 9.17) is 18.9 Å². The van der Waals surface area contributed by atoms with Gasteiger partial charge in [-0.2, -0.15) is 0 Å². The van der Waals surface area contributed by atoms with Crippen molar-refractivity contribution >= 4 is 24.3 Å². The van der Waals surface area contributed by atoms with E-state index in [-0.39, 0.29) is 0 Å². The number of hydrogen-bond acceptors (Lipinski definition) is 4. The lowest BCUT2D eigenvalue weighted by atomic mass is 10.1. The molecule has 0 aromatic heterocycles. The highest BCUT2D eigenvalue weighted by Crippen LogP contribution is 2.27. The fourth-order valence-electron chi connectivity index (χ4n) is 4.57. The Kier molecular flexibility index (Phi) is 14.5. The molecule has 0 atom stereocenters. The van der Waals surface area contributed by atoms with E-state index >= 15 is 0 Å². The minimum absolute atomic E-state index is 0.642. The van der Waals surface area contributed by atoms with E-state index in [9.17, 15) is 0 Å². The molecule has 3 aromatic carbocycles. The van der Waals surface area contributed by atoms with Crippen LogP contribution >= 0.6 is 0 Å². The van der Waals surface area contributed by atoms with E-state index in [2.05, 4.69) is 157 Å². The molecule has 3 aromatic rings. The molecular formula is C42H66N4O4+4. The molecule has 0 amide bonds. The molecule has 50 heavy (non-hydrogen) atoms. The third-order valence-corrected chi connectivity index (χ3v) is 7.80. The van der Waals surface area contributed by atoms with Crippen molar-refractivity contribution in [2.24, 2.45) is 0 Å². The predicted molar refractivity (Wildman–Crippen MR) is 211 cm³/mol. The van der Waals surface area contributed by atoms with E-state index < -0.39 is 0 Å². The van der Waals surface area contributed by atoms with Crippen LogP contribution in [-0.4, -0.2) is 155 Å². The Morgan fingerprint density at radius 3 is 0.780 bits per heavy atom. The summed E-state index contributed by atoms with van der Waals surface area (Å²) in [5.74, 6) is 3.30. The maximum absolute atomic E-state index is 6.16. The van der Waals surface area contributed by atoms with Crippen LogP contribution in [0.3, 0.4) is 0 Å². The van der Waals surface area contributed by atoms with Gasteiger partial charge in [-0.3, -0.25) is 0 Å². The van der Waals surface area contributed by atoms with Crippen LogP contribution in [0, 0.1) is 0 Å². The second-order valence-corrected chi connectivity index (χ2v) is 17.3. The van der Waals surface area contributed by atoms with Crippen molar-refractivity contribution in [2.45, 2.75) is 0 Å². The number of ether oxygens (including phenoxy) is 4. The molecule has 0 aliphatic carbocycles. The fraction of sp³-hybridized carbons (Fsp3) is 0.476. The van der Waals surface area contributed by atoms with Crippen molar-refractivity contribution < 1.29 is 36.9 Å². The largest absolute Gasteiger partial charge is 0.488 e. The molecular weight excluding hydrogens is 624 g/mol. The second kappa shape index (κ2) is 17.9. The summed E-state index contributed by atoms with van der Waals surface area (Å²) in [5.41, 5.74) is 4.32. The monoisotopic (exact) mass is 691 g/mol. The van der Waals surface area contributed by atoms with Gasteiger partial charge in [0.2, 0.25) is 0 Å². The van der Waals surface area contributed by atoms with Crippen molar-refractivity contribution in [3.63, 3.8) is 0 Å². The van der Waals surface area contributed by atoms with Gasteiger partial charge in [-0.1, -0.05) is 48.6 Å². The minimum Gasteiger partial charge on any atom is -0.488 e. The Bertz CT molecular complexity index is 1340. The first-order valence-electron chi connectivity index (χ1n) is 17.7. The third kappa shape index (κ3) is 17.7. The first-order valence-corrected chi connectivity index (χ1v) is 17.7. The SMILES string of the molecule is C[N+](C)(C)CCOc1cc(/C=C/c2ccc(/C=C/c3cc(OCC[N+](C)(C)C)cc(OCC[N+](C)(C)C)c3)cc2)cc(OCC[N+](C)(C)C)c1. The van der Waals surface area contributed by atoms with E-state index in [1.54, 1.807) is 0 Å². The molecule has 0 saturated heterocycles. The number of nitrogens with zero attached hydrogens (tertiary/aromatic N) is 4. The van der Waals surface area contributed by atoms with E-state index in [1.165, 1.54) is 0 Å². The Hall–Kier alpha value is -3.82. The molecule has 8 nitrogen and oxygen atoms in total. The maximum Gasteiger partial charge on any atom is 0.137 e. The summed E-state index contributed by atoms with van der Waals surface area (Å²) in [5, 5.41) is 0. The van der Waals surface area contributed by atoms with Gasteiger partial charge in [0.05, 0.1) is 84.6 Å². The van der Waals surface area contributed by atoms with E-state index in [0.29, 0.717) is 26.4 Å². The van der Waals surface area contributed by atoms with Crippen LogP contribution in [0.25, 0.3) is 24.3 Å². The highest BCUT2D eigenvalue weighted by atomic mass is 16.5. The lowest BCUT2D eigenvalue weighted by Gasteiger charge is -2.24. The van der Waals surface area contributed by atoms with Gasteiger partial charge in [-0.15, -0.1) is 0 Å². The molecule has 0 aliphatic rings. The highest BCUT2D eigenvalue weighted by molar-refractivity contribution is 5.74. The predicted octanol–water partition coefficient (Wildman–Crippen LogP) is 6.37. The fourth-order valence-corrected chi connectivity index (χ4v) is 4.57. The van der Waals surface area contributed by atoms with Gasteiger partial charge in [0.15, 0.2) is 0 Å². The van der Waals surface area contributed by atoms with Crippen molar-refractivity contribution in [3.05, 3.63) is 82.9 Å². The molecule has 0 spiro atoms. The maximum atomic E-state index is 6.16. The Balaban J connectivity index is 1.73. The van der Waals surface area contributed by atoms with Crippen LogP contribution in [0.4, 0.5) is 0 Å². The zero-order chi connectivity index (χ0) is 37.0. The smallest absolute Gasteiger partial charge is 0.137 e. The van der Waals surface area contributed by atoms with Gasteiger partial charge in [0.1, 0.15) is 75.6 Å². The van der Waals surface area contributed by atoms with Gasteiger partial charge < -0.3 is 36.9 Å². The zero-order valence-electron chi connectivity index (χ0n) is 33.2. The molecule has 0 heterocycles. The van der Waals surface area contributed by atoms with Gasteiger partial charge >= 0.3 is 0 Å². The molecule has 0 unspecified atom stereocenters. The average molecular weight is 691 g/mol. The lowest BCUT2D eigenvalue weighted by Crippen LogP contribution is -2.38. The van der Waals surface area contributed by atoms with Crippen LogP contribution in [0.15, 0.2) is 60.7 Å². The topological polar surface area (TPSA) is 36.9 Å². The van der Waals surface area contributed by atoms with Gasteiger partial charge in [0, 0.05) is 12.1 Å².